The lowest BCUT2D eigenvalue weighted by Gasteiger charge is -2.12. The van der Waals surface area contributed by atoms with Gasteiger partial charge in [-0.2, -0.15) is 0 Å². The Bertz CT molecular complexity index is 207. The summed E-state index contributed by atoms with van der Waals surface area (Å²) in [7, 11) is 0. The van der Waals surface area contributed by atoms with E-state index in [9.17, 15) is 5.11 Å². The maximum atomic E-state index is 9.48. The summed E-state index contributed by atoms with van der Waals surface area (Å²) in [6, 6.07) is 0. The van der Waals surface area contributed by atoms with Crippen molar-refractivity contribution in [2.75, 3.05) is 26.2 Å². The van der Waals surface area contributed by atoms with Gasteiger partial charge in [0.05, 0.1) is 6.10 Å². The second-order valence-electron chi connectivity index (χ2n) is 3.45. The first-order chi connectivity index (χ1) is 6.27. The smallest absolute Gasteiger partial charge is 0.0729 e. The summed E-state index contributed by atoms with van der Waals surface area (Å²) in [5.74, 6) is 5.86. The van der Waals surface area contributed by atoms with E-state index in [1.54, 1.807) is 0 Å². The second-order valence-corrected chi connectivity index (χ2v) is 3.45. The van der Waals surface area contributed by atoms with Crippen molar-refractivity contribution in [3.8, 4) is 11.8 Å². The van der Waals surface area contributed by atoms with Gasteiger partial charge in [0.2, 0.25) is 0 Å². The molecule has 13 heavy (non-hydrogen) atoms. The molecule has 1 fully saturated rings. The summed E-state index contributed by atoms with van der Waals surface area (Å²) in [6.45, 7) is 4.28. The molecule has 3 nitrogen and oxygen atoms in total. The van der Waals surface area contributed by atoms with E-state index in [0.29, 0.717) is 6.54 Å². The van der Waals surface area contributed by atoms with Crippen molar-refractivity contribution in [1.29, 1.82) is 0 Å². The van der Waals surface area contributed by atoms with Gasteiger partial charge >= 0.3 is 0 Å². The highest BCUT2D eigenvalue weighted by Crippen LogP contribution is 2.15. The third-order valence-electron chi connectivity index (χ3n) is 2.45. The predicted octanol–water partition coefficient (Wildman–Crippen LogP) is -0.315. The van der Waals surface area contributed by atoms with Crippen molar-refractivity contribution in [2.45, 2.75) is 19.4 Å². The van der Waals surface area contributed by atoms with Crippen LogP contribution in [0.2, 0.25) is 0 Å². The van der Waals surface area contributed by atoms with Gasteiger partial charge in [-0.3, -0.25) is 4.90 Å². The molecule has 2 atom stereocenters. The summed E-state index contributed by atoms with van der Waals surface area (Å²) < 4.78 is 0. The zero-order valence-corrected chi connectivity index (χ0v) is 8.03. The van der Waals surface area contributed by atoms with E-state index >= 15 is 0 Å². The topological polar surface area (TPSA) is 43.7 Å². The first kappa shape index (κ1) is 10.5. The Morgan fingerprint density at radius 3 is 2.77 bits per heavy atom. The molecule has 2 N–H and O–H groups in total. The molecule has 0 aromatic rings. The fraction of sp³-hybridized carbons (Fsp3) is 0.800. The standard InChI is InChI=1S/C10H17NO2/c1-2-3-4-5-11-6-9(8-12)10(13)7-11/h9-10,12-13H,4-8H2,1H3. The van der Waals surface area contributed by atoms with Gasteiger partial charge in [-0.15, -0.1) is 11.8 Å². The molecule has 3 heteroatoms. The molecule has 1 saturated heterocycles. The van der Waals surface area contributed by atoms with Gasteiger partial charge in [0.15, 0.2) is 0 Å². The monoisotopic (exact) mass is 183 g/mol. The van der Waals surface area contributed by atoms with Crippen LogP contribution in [0.1, 0.15) is 13.3 Å². The Balaban J connectivity index is 2.26. The molecule has 1 heterocycles. The Hall–Kier alpha value is -0.560. The lowest BCUT2D eigenvalue weighted by molar-refractivity contribution is 0.103. The summed E-state index contributed by atoms with van der Waals surface area (Å²) >= 11 is 0. The van der Waals surface area contributed by atoms with Crippen LogP contribution in [0.25, 0.3) is 0 Å². The number of hydrogen-bond donors (Lipinski definition) is 2. The van der Waals surface area contributed by atoms with Gasteiger partial charge in [0.1, 0.15) is 0 Å². The number of aliphatic hydroxyl groups excluding tert-OH is 2. The minimum atomic E-state index is -0.361. The maximum absolute atomic E-state index is 9.48. The van der Waals surface area contributed by atoms with E-state index in [4.69, 9.17) is 5.11 Å². The number of nitrogens with zero attached hydrogens (tertiary/aromatic N) is 1. The van der Waals surface area contributed by atoms with Crippen LogP contribution < -0.4 is 0 Å². The lowest BCUT2D eigenvalue weighted by Crippen LogP contribution is -2.22. The van der Waals surface area contributed by atoms with Gasteiger partial charge in [0, 0.05) is 38.6 Å². The van der Waals surface area contributed by atoms with Crippen molar-refractivity contribution in [1.82, 2.24) is 4.90 Å². The molecule has 0 bridgehead atoms. The first-order valence-corrected chi connectivity index (χ1v) is 4.68. The zero-order valence-electron chi connectivity index (χ0n) is 8.03. The van der Waals surface area contributed by atoms with Gasteiger partial charge in [-0.25, -0.2) is 0 Å². The number of rotatable bonds is 3. The molecule has 2 unspecified atom stereocenters. The Morgan fingerprint density at radius 2 is 2.23 bits per heavy atom. The normalized spacial score (nSPS) is 28.5. The Labute approximate surface area is 79.4 Å². The molecule has 0 amide bonds. The van der Waals surface area contributed by atoms with Gasteiger partial charge in [0.25, 0.3) is 0 Å². The number of hydrogen-bond acceptors (Lipinski definition) is 3. The van der Waals surface area contributed by atoms with Gasteiger partial charge in [-0.1, -0.05) is 0 Å². The second kappa shape index (κ2) is 5.23. The molecule has 0 aromatic carbocycles. The van der Waals surface area contributed by atoms with Crippen LogP contribution in [0.15, 0.2) is 0 Å². The van der Waals surface area contributed by atoms with Crippen molar-refractivity contribution >= 4 is 0 Å². The minimum Gasteiger partial charge on any atom is -0.396 e. The highest BCUT2D eigenvalue weighted by Gasteiger charge is 2.29. The zero-order chi connectivity index (χ0) is 9.68. The van der Waals surface area contributed by atoms with Crippen molar-refractivity contribution in [3.63, 3.8) is 0 Å². The Kier molecular flexibility index (Phi) is 4.23. The summed E-state index contributed by atoms with van der Waals surface area (Å²) in [6.07, 6.45) is 0.487. The molecule has 0 radical (unpaired) electrons. The number of aliphatic hydroxyl groups is 2. The maximum Gasteiger partial charge on any atom is 0.0729 e. The van der Waals surface area contributed by atoms with Gasteiger partial charge < -0.3 is 10.2 Å². The lowest BCUT2D eigenvalue weighted by atomic mass is 10.1. The van der Waals surface area contributed by atoms with E-state index in [-0.39, 0.29) is 18.6 Å². The van der Waals surface area contributed by atoms with E-state index in [1.807, 2.05) is 6.92 Å². The van der Waals surface area contributed by atoms with Gasteiger partial charge in [-0.05, 0) is 6.92 Å². The van der Waals surface area contributed by atoms with Crippen LogP contribution >= 0.6 is 0 Å². The van der Waals surface area contributed by atoms with Crippen LogP contribution in [0.5, 0.6) is 0 Å². The summed E-state index contributed by atoms with van der Waals surface area (Å²) in [5, 5.41) is 18.4. The summed E-state index contributed by atoms with van der Waals surface area (Å²) in [4.78, 5) is 2.15. The molecule has 1 aliphatic rings. The van der Waals surface area contributed by atoms with E-state index in [2.05, 4.69) is 16.7 Å². The average Bonchev–Trinajstić information content (AvgIpc) is 2.47. The van der Waals surface area contributed by atoms with Crippen molar-refractivity contribution < 1.29 is 10.2 Å². The van der Waals surface area contributed by atoms with Crippen LogP contribution in [0.4, 0.5) is 0 Å². The molecule has 1 rings (SSSR count). The minimum absolute atomic E-state index is 0.0367. The molecule has 0 saturated carbocycles. The van der Waals surface area contributed by atoms with Crippen molar-refractivity contribution in [3.05, 3.63) is 0 Å². The number of likely N-dealkylation sites (tertiary alicyclic amines) is 1. The molecule has 0 aromatic heterocycles. The fourth-order valence-corrected chi connectivity index (χ4v) is 1.64. The predicted molar refractivity (Wildman–Crippen MR) is 51.1 cm³/mol. The van der Waals surface area contributed by atoms with E-state index in [0.717, 1.165) is 19.5 Å². The molecule has 0 aliphatic carbocycles. The van der Waals surface area contributed by atoms with Crippen LogP contribution in [-0.2, 0) is 0 Å². The first-order valence-electron chi connectivity index (χ1n) is 4.68. The van der Waals surface area contributed by atoms with Crippen LogP contribution in [0, 0.1) is 17.8 Å². The fourth-order valence-electron chi connectivity index (χ4n) is 1.64. The largest absolute Gasteiger partial charge is 0.396 e. The third kappa shape index (κ3) is 3.00. The molecular formula is C10H17NO2. The molecule has 74 valence electrons. The Morgan fingerprint density at radius 1 is 1.46 bits per heavy atom. The summed E-state index contributed by atoms with van der Waals surface area (Å²) in [5.41, 5.74) is 0. The molecule has 0 spiro atoms. The quantitative estimate of drug-likeness (QED) is 0.590. The van der Waals surface area contributed by atoms with Crippen LogP contribution in [0.3, 0.4) is 0 Å². The molecular weight excluding hydrogens is 166 g/mol. The number of β-amino-alcohol motifs (C(OH)–C–C–N with tert-alkyl or cyclic N) is 1. The third-order valence-corrected chi connectivity index (χ3v) is 2.45. The van der Waals surface area contributed by atoms with E-state index in [1.165, 1.54) is 0 Å². The van der Waals surface area contributed by atoms with E-state index < -0.39 is 0 Å². The van der Waals surface area contributed by atoms with Crippen LogP contribution in [-0.4, -0.2) is 47.5 Å². The SMILES string of the molecule is CC#CCCN1CC(O)C(CO)C1. The molecule has 1 aliphatic heterocycles. The average molecular weight is 183 g/mol. The highest BCUT2D eigenvalue weighted by atomic mass is 16.3. The van der Waals surface area contributed by atoms with Crippen molar-refractivity contribution in [2.24, 2.45) is 5.92 Å². The highest BCUT2D eigenvalue weighted by molar-refractivity contribution is 4.96.